The molecule has 0 bridgehead atoms. The van der Waals surface area contributed by atoms with Crippen molar-refractivity contribution in [2.24, 2.45) is 11.5 Å². The highest BCUT2D eigenvalue weighted by atomic mass is 16.2. The Morgan fingerprint density at radius 3 is 2.18 bits per heavy atom. The van der Waals surface area contributed by atoms with Crippen LogP contribution in [0, 0.1) is 0 Å². The van der Waals surface area contributed by atoms with Crippen LogP contribution in [-0.2, 0) is 0 Å². The third-order valence-corrected chi connectivity index (χ3v) is 0.751. The number of hydrogen-bond donors (Lipinski definition) is 4. The quantitative estimate of drug-likeness (QED) is 0.421. The molecule has 0 aromatic rings. The summed E-state index contributed by atoms with van der Waals surface area (Å²) in [5.74, 6) is 0. The van der Waals surface area contributed by atoms with Crippen molar-refractivity contribution in [2.75, 3.05) is 0 Å². The Balaban J connectivity index is 3.81. The molecular formula is C5H10N4O2. The summed E-state index contributed by atoms with van der Waals surface area (Å²) in [6.07, 6.45) is 1.24. The molecule has 4 amide bonds. The molecule has 0 saturated heterocycles. The molecule has 0 unspecified atom stereocenters. The summed E-state index contributed by atoms with van der Waals surface area (Å²) >= 11 is 0. The molecule has 0 aliphatic heterocycles. The van der Waals surface area contributed by atoms with Crippen LogP contribution < -0.4 is 22.1 Å². The fourth-order valence-corrected chi connectivity index (χ4v) is 0.410. The van der Waals surface area contributed by atoms with Crippen LogP contribution in [0.4, 0.5) is 9.59 Å². The van der Waals surface area contributed by atoms with Gasteiger partial charge in [0.15, 0.2) is 0 Å². The van der Waals surface area contributed by atoms with Gasteiger partial charge in [-0.2, -0.15) is 0 Å². The number of allylic oxidation sites excluding steroid dienone is 1. The highest BCUT2D eigenvalue weighted by Gasteiger charge is 1.92. The number of carbonyl (C=O) groups excluding carboxylic acids is 2. The summed E-state index contributed by atoms with van der Waals surface area (Å²) in [7, 11) is 0. The van der Waals surface area contributed by atoms with Crippen LogP contribution in [-0.4, -0.2) is 12.1 Å². The number of nitrogens with two attached hydrogens (primary N) is 2. The lowest BCUT2D eigenvalue weighted by Gasteiger charge is -1.99. The van der Waals surface area contributed by atoms with E-state index in [1.807, 2.05) is 0 Å². The molecule has 0 rings (SSSR count). The van der Waals surface area contributed by atoms with Gasteiger partial charge < -0.3 is 22.1 Å². The smallest absolute Gasteiger partial charge is 0.316 e. The van der Waals surface area contributed by atoms with Gasteiger partial charge in [-0.15, -0.1) is 0 Å². The van der Waals surface area contributed by atoms with E-state index in [1.54, 1.807) is 6.92 Å². The second kappa shape index (κ2) is 4.15. The predicted molar refractivity (Wildman–Crippen MR) is 39.2 cm³/mol. The molecule has 6 heteroatoms. The molecule has 0 aromatic heterocycles. The van der Waals surface area contributed by atoms with Gasteiger partial charge in [-0.1, -0.05) is 0 Å². The summed E-state index contributed by atoms with van der Waals surface area (Å²) in [5, 5.41) is 4.38. The third kappa shape index (κ3) is 6.16. The minimum atomic E-state index is -0.698. The molecule has 0 aliphatic rings. The molecule has 11 heavy (non-hydrogen) atoms. The number of urea groups is 2. The molecule has 0 heterocycles. The zero-order valence-electron chi connectivity index (χ0n) is 6.05. The predicted octanol–water partition coefficient (Wildman–Crippen LogP) is -0.816. The summed E-state index contributed by atoms with van der Waals surface area (Å²) < 4.78 is 0. The average molecular weight is 158 g/mol. The fraction of sp³-hybridized carbons (Fsp3) is 0.200. The number of hydrogen-bond acceptors (Lipinski definition) is 2. The lowest BCUT2D eigenvalue weighted by Crippen LogP contribution is -2.30. The van der Waals surface area contributed by atoms with Gasteiger partial charge in [-0.3, -0.25) is 0 Å². The molecule has 0 spiro atoms. The Hall–Kier alpha value is -1.72. The summed E-state index contributed by atoms with van der Waals surface area (Å²) in [6, 6.07) is -1.39. The van der Waals surface area contributed by atoms with E-state index in [0.717, 1.165) is 0 Å². The zero-order chi connectivity index (χ0) is 8.85. The number of rotatable bonds is 2. The lowest BCUT2D eigenvalue weighted by molar-refractivity contribution is 0.249. The second-order valence-electron chi connectivity index (χ2n) is 1.83. The summed E-state index contributed by atoms with van der Waals surface area (Å²) in [6.45, 7) is 1.56. The highest BCUT2D eigenvalue weighted by molar-refractivity contribution is 5.75. The minimum Gasteiger partial charge on any atom is -0.351 e. The van der Waals surface area contributed by atoms with E-state index in [0.29, 0.717) is 5.70 Å². The number of carbonyl (C=O) groups is 2. The molecular weight excluding hydrogens is 148 g/mol. The molecule has 0 saturated carbocycles. The van der Waals surface area contributed by atoms with Crippen LogP contribution in [0.5, 0.6) is 0 Å². The van der Waals surface area contributed by atoms with Crippen molar-refractivity contribution in [1.82, 2.24) is 10.6 Å². The molecule has 0 aromatic carbocycles. The monoisotopic (exact) mass is 158 g/mol. The van der Waals surface area contributed by atoms with E-state index in [2.05, 4.69) is 10.6 Å². The van der Waals surface area contributed by atoms with E-state index in [9.17, 15) is 9.59 Å². The Morgan fingerprint density at radius 2 is 1.82 bits per heavy atom. The molecule has 0 fully saturated rings. The standard InChI is InChI=1S/C5H10N4O2/c1-3(9-5(7)11)2-8-4(6)10/h2H,1H3,(H3,6,8,10)(H3,7,9,11). The van der Waals surface area contributed by atoms with Crippen molar-refractivity contribution in [3.05, 3.63) is 11.9 Å². The minimum absolute atomic E-state index is 0.413. The number of amides is 4. The second-order valence-corrected chi connectivity index (χ2v) is 1.83. The van der Waals surface area contributed by atoms with E-state index in [4.69, 9.17) is 11.5 Å². The van der Waals surface area contributed by atoms with Gasteiger partial charge >= 0.3 is 12.1 Å². The maximum Gasteiger partial charge on any atom is 0.316 e. The van der Waals surface area contributed by atoms with Gasteiger partial charge in [0.2, 0.25) is 0 Å². The molecule has 6 nitrogen and oxygen atoms in total. The maximum atomic E-state index is 10.2. The molecule has 0 aliphatic carbocycles. The van der Waals surface area contributed by atoms with Gasteiger partial charge in [0.1, 0.15) is 0 Å². The third-order valence-electron chi connectivity index (χ3n) is 0.751. The van der Waals surface area contributed by atoms with Crippen LogP contribution in [0.3, 0.4) is 0 Å². The van der Waals surface area contributed by atoms with Crippen molar-refractivity contribution in [2.45, 2.75) is 6.92 Å². The first-order valence-electron chi connectivity index (χ1n) is 2.81. The first-order chi connectivity index (χ1) is 5.02. The van der Waals surface area contributed by atoms with Crippen molar-refractivity contribution in [1.29, 1.82) is 0 Å². The first kappa shape index (κ1) is 9.28. The van der Waals surface area contributed by atoms with Gasteiger partial charge in [0.05, 0.1) is 0 Å². The number of primary amides is 2. The van der Waals surface area contributed by atoms with Crippen molar-refractivity contribution in [3.63, 3.8) is 0 Å². The van der Waals surface area contributed by atoms with E-state index in [-0.39, 0.29) is 0 Å². The molecule has 62 valence electrons. The Morgan fingerprint density at radius 1 is 1.27 bits per heavy atom. The topological polar surface area (TPSA) is 110 Å². The van der Waals surface area contributed by atoms with E-state index < -0.39 is 12.1 Å². The normalized spacial score (nSPS) is 10.5. The zero-order valence-corrected chi connectivity index (χ0v) is 6.05. The van der Waals surface area contributed by atoms with Gasteiger partial charge in [-0.25, -0.2) is 9.59 Å². The highest BCUT2D eigenvalue weighted by Crippen LogP contribution is 1.80. The van der Waals surface area contributed by atoms with Crippen LogP contribution >= 0.6 is 0 Å². The summed E-state index contributed by atoms with van der Waals surface area (Å²) in [5.41, 5.74) is 9.91. The van der Waals surface area contributed by atoms with Gasteiger partial charge in [0, 0.05) is 11.9 Å². The van der Waals surface area contributed by atoms with Crippen molar-refractivity contribution in [3.8, 4) is 0 Å². The molecule has 0 atom stereocenters. The number of nitrogens with one attached hydrogen (secondary N) is 2. The Labute approximate surface area is 63.6 Å². The fourth-order valence-electron chi connectivity index (χ4n) is 0.410. The maximum absolute atomic E-state index is 10.2. The first-order valence-corrected chi connectivity index (χ1v) is 2.81. The van der Waals surface area contributed by atoms with E-state index >= 15 is 0 Å². The summed E-state index contributed by atoms with van der Waals surface area (Å²) in [4.78, 5) is 20.3. The molecule has 0 radical (unpaired) electrons. The van der Waals surface area contributed by atoms with Crippen LogP contribution in [0.25, 0.3) is 0 Å². The molecule has 6 N–H and O–H groups in total. The van der Waals surface area contributed by atoms with Crippen LogP contribution in [0.15, 0.2) is 11.9 Å². The largest absolute Gasteiger partial charge is 0.351 e. The van der Waals surface area contributed by atoms with E-state index in [1.165, 1.54) is 6.20 Å². The Bertz CT molecular complexity index is 199. The van der Waals surface area contributed by atoms with Crippen molar-refractivity contribution < 1.29 is 9.59 Å². The van der Waals surface area contributed by atoms with Crippen LogP contribution in [0.1, 0.15) is 6.92 Å². The Kier molecular flexibility index (Phi) is 3.50. The van der Waals surface area contributed by atoms with Gasteiger partial charge in [0.25, 0.3) is 0 Å². The lowest BCUT2D eigenvalue weighted by atomic mass is 10.5. The van der Waals surface area contributed by atoms with Crippen molar-refractivity contribution >= 4 is 12.1 Å². The SMILES string of the molecule is CC(=CNC(N)=O)NC(N)=O. The average Bonchev–Trinajstić information content (AvgIpc) is 1.82. The van der Waals surface area contributed by atoms with Gasteiger partial charge in [-0.05, 0) is 6.92 Å². The van der Waals surface area contributed by atoms with Crippen LogP contribution in [0.2, 0.25) is 0 Å².